The molecule has 0 aliphatic rings. The van der Waals surface area contributed by atoms with Crippen molar-refractivity contribution in [3.05, 3.63) is 167 Å². The quantitative estimate of drug-likeness (QED) is 0.169. The summed E-state index contributed by atoms with van der Waals surface area (Å²) >= 11 is 0. The van der Waals surface area contributed by atoms with E-state index in [1.807, 2.05) is 0 Å². The second kappa shape index (κ2) is 17.8. The van der Waals surface area contributed by atoms with Gasteiger partial charge >= 0.3 is 0 Å². The normalized spacial score (nSPS) is 13.7. The number of rotatable bonds is 6. The first-order valence-electron chi connectivity index (χ1n) is 25.6. The van der Waals surface area contributed by atoms with E-state index in [9.17, 15) is 5.11 Å². The Labute approximate surface area is 422 Å². The number of benzene rings is 6. The van der Waals surface area contributed by atoms with Crippen LogP contribution in [-0.2, 0) is 48.1 Å². The summed E-state index contributed by atoms with van der Waals surface area (Å²) in [5, 5.41) is 12.6. The van der Waals surface area contributed by atoms with Crippen molar-refractivity contribution in [2.75, 3.05) is 0 Å². The van der Waals surface area contributed by atoms with E-state index in [1.165, 1.54) is 11.1 Å². The standard InChI is InChI=1S/C62H68N3O.Pt/c1-58(2,3)44-26-24-40(25-27-44)49-36-45(59(4,5)6)28-29-53(49)65-54-23-19-22-48(55(54)64-57(65)50-37-47(61(10,11)12)38-51(56(50)66)62(13,14)15)42-32-43(34-46(33-42)60(7,8)9)52-35-41(30-31-63-52)39-20-17-16-18-21-39;/h16-31,33-38,66H,1-15H3;/q-1;/i16D,17D,18D,20D,21D;. The van der Waals surface area contributed by atoms with Crippen molar-refractivity contribution in [1.29, 1.82) is 0 Å². The van der Waals surface area contributed by atoms with Crippen LogP contribution in [0, 0.1) is 6.07 Å². The van der Waals surface area contributed by atoms with Crippen molar-refractivity contribution in [3.63, 3.8) is 0 Å². The average Bonchev–Trinajstić information content (AvgIpc) is 3.68. The Hall–Kier alpha value is -5.57. The van der Waals surface area contributed by atoms with E-state index >= 15 is 0 Å². The van der Waals surface area contributed by atoms with Crippen LogP contribution in [0.5, 0.6) is 5.75 Å². The van der Waals surface area contributed by atoms with Crippen LogP contribution in [0.2, 0.25) is 0 Å². The molecule has 0 atom stereocenters. The van der Waals surface area contributed by atoms with Gasteiger partial charge in [-0.2, -0.15) is 0 Å². The van der Waals surface area contributed by atoms with Crippen LogP contribution in [0.1, 0.15) is 139 Å². The van der Waals surface area contributed by atoms with E-state index in [0.717, 1.165) is 55.7 Å². The minimum Gasteiger partial charge on any atom is -0.507 e. The fourth-order valence-electron chi connectivity index (χ4n) is 8.54. The van der Waals surface area contributed by atoms with Gasteiger partial charge in [-0.05, 0) is 90.8 Å². The molecule has 6 aromatic carbocycles. The molecule has 8 rings (SSSR count). The molecule has 0 radical (unpaired) electrons. The van der Waals surface area contributed by atoms with E-state index in [2.05, 4.69) is 199 Å². The predicted octanol–water partition coefficient (Wildman–Crippen LogP) is 16.7. The number of phenols is 1. The number of phenolic OH excluding ortho intramolecular Hbond substituents is 1. The van der Waals surface area contributed by atoms with Crippen LogP contribution < -0.4 is 0 Å². The smallest absolute Gasteiger partial charge is 0.148 e. The van der Waals surface area contributed by atoms with Crippen molar-refractivity contribution >= 4 is 11.0 Å². The van der Waals surface area contributed by atoms with E-state index in [-0.39, 0.29) is 71.5 Å². The maximum Gasteiger partial charge on any atom is 0.148 e. The minimum absolute atomic E-state index is 0. The summed E-state index contributed by atoms with van der Waals surface area (Å²) in [6.45, 7) is 32.9. The maximum absolute atomic E-state index is 12.6. The summed E-state index contributed by atoms with van der Waals surface area (Å²) in [5.74, 6) is 0.803. The second-order valence-corrected chi connectivity index (χ2v) is 23.0. The Morgan fingerprint density at radius 1 is 0.522 bits per heavy atom. The van der Waals surface area contributed by atoms with Crippen molar-refractivity contribution in [3.8, 4) is 67.5 Å². The molecule has 1 N–H and O–H groups in total. The Bertz CT molecular complexity index is 3360. The van der Waals surface area contributed by atoms with Gasteiger partial charge in [0, 0.05) is 44.1 Å². The maximum atomic E-state index is 12.6. The molecule has 0 unspecified atom stereocenters. The summed E-state index contributed by atoms with van der Waals surface area (Å²) < 4.78 is 44.6. The first-order valence-corrected chi connectivity index (χ1v) is 23.1. The van der Waals surface area contributed by atoms with Gasteiger partial charge in [-0.15, -0.1) is 29.3 Å². The Kier molecular flexibility index (Phi) is 11.4. The number of para-hydroxylation sites is 1. The number of aromatic hydroxyl groups is 1. The molecule has 5 heteroatoms. The summed E-state index contributed by atoms with van der Waals surface area (Å²) in [6.07, 6.45) is 1.61. The van der Waals surface area contributed by atoms with Crippen molar-refractivity contribution < 1.29 is 33.0 Å². The van der Waals surface area contributed by atoms with Crippen LogP contribution >= 0.6 is 0 Å². The molecule has 8 aromatic rings. The first-order chi connectivity index (χ1) is 32.9. The van der Waals surface area contributed by atoms with Gasteiger partial charge in [0.25, 0.3) is 0 Å². The van der Waals surface area contributed by atoms with E-state index in [1.54, 1.807) is 18.3 Å². The number of aromatic nitrogens is 3. The van der Waals surface area contributed by atoms with Crippen LogP contribution in [0.25, 0.3) is 72.7 Å². The molecule has 0 saturated carbocycles. The molecule has 0 fully saturated rings. The average molecular weight is 1070 g/mol. The monoisotopic (exact) mass is 1070 g/mol. The molecule has 0 saturated heterocycles. The Morgan fingerprint density at radius 2 is 1.10 bits per heavy atom. The van der Waals surface area contributed by atoms with Gasteiger partial charge in [0.2, 0.25) is 0 Å². The molecule has 0 spiro atoms. The van der Waals surface area contributed by atoms with E-state index in [4.69, 9.17) is 16.8 Å². The van der Waals surface area contributed by atoms with E-state index < -0.39 is 18.1 Å². The summed E-state index contributed by atoms with van der Waals surface area (Å²) in [5.41, 5.74) is 13.0. The fourth-order valence-corrected chi connectivity index (χ4v) is 8.54. The van der Waals surface area contributed by atoms with Gasteiger partial charge in [-0.3, -0.25) is 9.55 Å². The number of fused-ring (bicyclic) bond motifs is 1. The van der Waals surface area contributed by atoms with Gasteiger partial charge in [0.1, 0.15) is 11.6 Å². The molecular weight excluding hydrogens is 998 g/mol. The van der Waals surface area contributed by atoms with Crippen molar-refractivity contribution in [1.82, 2.24) is 14.5 Å². The zero-order valence-corrected chi connectivity index (χ0v) is 44.2. The third-order valence-electron chi connectivity index (χ3n) is 12.7. The number of pyridine rings is 1. The topological polar surface area (TPSA) is 50.9 Å². The summed E-state index contributed by atoms with van der Waals surface area (Å²) in [4.78, 5) is 10.5. The Balaban J connectivity index is 0.00000760. The molecule has 0 aliphatic carbocycles. The van der Waals surface area contributed by atoms with Crippen LogP contribution in [0.15, 0.2) is 133 Å². The van der Waals surface area contributed by atoms with Gasteiger partial charge in [-0.1, -0.05) is 200 Å². The zero-order valence-electron chi connectivity index (χ0n) is 46.9. The van der Waals surface area contributed by atoms with Crippen LogP contribution in [0.3, 0.4) is 0 Å². The van der Waals surface area contributed by atoms with Gasteiger partial charge in [0.05, 0.1) is 29.1 Å². The van der Waals surface area contributed by atoms with Gasteiger partial charge in [0.15, 0.2) is 0 Å². The summed E-state index contributed by atoms with van der Waals surface area (Å²) in [7, 11) is 0. The minimum atomic E-state index is -0.437. The van der Waals surface area contributed by atoms with E-state index in [0.29, 0.717) is 28.2 Å². The molecule has 0 aliphatic heterocycles. The zero-order chi connectivity index (χ0) is 52.1. The largest absolute Gasteiger partial charge is 0.507 e. The predicted molar refractivity (Wildman–Crippen MR) is 280 cm³/mol. The molecule has 67 heavy (non-hydrogen) atoms. The molecule has 4 nitrogen and oxygen atoms in total. The van der Waals surface area contributed by atoms with Crippen molar-refractivity contribution in [2.45, 2.75) is 131 Å². The first kappa shape index (κ1) is 42.8. The SMILES string of the molecule is [2H]c1c([2H])c([2H])c(-c2ccnc(-c3[c-]c(-c4cccc5c4nc(-c4cc(C(C)(C)C)cc(C(C)(C)C)c4O)n5-c4ccc(C(C)(C)C)cc4-c4ccc(C(C)(C)C)cc4)cc(C(C)(C)C)c3)c2)c([2H])c1[2H].[Pt]. The van der Waals surface area contributed by atoms with Crippen molar-refractivity contribution in [2.24, 2.45) is 0 Å². The third-order valence-corrected chi connectivity index (χ3v) is 12.7. The number of hydrogen-bond acceptors (Lipinski definition) is 3. The number of imidazole rings is 1. The second-order valence-electron chi connectivity index (χ2n) is 23.0. The molecule has 348 valence electrons. The molecular formula is C62H68N3OPt-. The molecule has 0 bridgehead atoms. The molecule has 0 amide bonds. The molecule has 2 heterocycles. The summed E-state index contributed by atoms with van der Waals surface area (Å²) in [6, 6.07) is 35.8. The number of hydrogen-bond donors (Lipinski definition) is 1. The molecule has 2 aromatic heterocycles. The van der Waals surface area contributed by atoms with Crippen LogP contribution in [0.4, 0.5) is 0 Å². The van der Waals surface area contributed by atoms with Gasteiger partial charge < -0.3 is 5.11 Å². The number of nitrogens with zero attached hydrogens (tertiary/aromatic N) is 3. The van der Waals surface area contributed by atoms with Gasteiger partial charge in [-0.25, -0.2) is 4.98 Å². The van der Waals surface area contributed by atoms with Crippen LogP contribution in [-0.4, -0.2) is 19.6 Å². The Morgan fingerprint density at radius 3 is 1.72 bits per heavy atom. The third kappa shape index (κ3) is 10.0. The fraction of sp³-hybridized carbons (Fsp3) is 0.323.